The second-order valence-electron chi connectivity index (χ2n) is 5.19. The number of carbonyl (C=O) groups excluding carboxylic acids is 1. The molecule has 0 aliphatic carbocycles. The van der Waals surface area contributed by atoms with Crippen molar-refractivity contribution in [3.05, 3.63) is 68.8 Å². The number of benzene rings is 1. The summed E-state index contributed by atoms with van der Waals surface area (Å²) in [5.74, 6) is 0.700. The van der Waals surface area contributed by atoms with Crippen molar-refractivity contribution in [3.63, 3.8) is 0 Å². The molecule has 6 heteroatoms. The Labute approximate surface area is 149 Å². The first-order chi connectivity index (χ1) is 11.8. The lowest BCUT2D eigenvalue weighted by molar-refractivity contribution is 0.0753. The largest absolute Gasteiger partial charge is 0.487 e. The van der Waals surface area contributed by atoms with E-state index in [2.05, 4.69) is 4.98 Å². The first-order valence-corrected chi connectivity index (χ1v) is 9.50. The van der Waals surface area contributed by atoms with Gasteiger partial charge >= 0.3 is 0 Å². The van der Waals surface area contributed by atoms with Gasteiger partial charge in [-0.1, -0.05) is 12.1 Å². The van der Waals surface area contributed by atoms with Crippen LogP contribution < -0.4 is 4.74 Å². The minimum Gasteiger partial charge on any atom is -0.487 e. The van der Waals surface area contributed by atoms with Crippen molar-refractivity contribution in [2.75, 3.05) is 6.54 Å². The van der Waals surface area contributed by atoms with Gasteiger partial charge in [0.25, 0.3) is 5.91 Å². The van der Waals surface area contributed by atoms with Gasteiger partial charge in [0.05, 0.1) is 17.7 Å². The van der Waals surface area contributed by atoms with Crippen LogP contribution in [-0.2, 0) is 13.2 Å². The third kappa shape index (κ3) is 4.21. The van der Waals surface area contributed by atoms with Gasteiger partial charge in [0.1, 0.15) is 12.4 Å². The summed E-state index contributed by atoms with van der Waals surface area (Å²) in [6.07, 6.45) is 0. The molecule has 0 aliphatic rings. The number of hydrogen-bond donors (Lipinski definition) is 0. The van der Waals surface area contributed by atoms with Gasteiger partial charge in [0, 0.05) is 22.4 Å². The van der Waals surface area contributed by atoms with E-state index in [0.717, 1.165) is 5.69 Å². The van der Waals surface area contributed by atoms with Gasteiger partial charge in [-0.05, 0) is 36.6 Å². The zero-order valence-electron chi connectivity index (χ0n) is 13.3. The number of hydrogen-bond acceptors (Lipinski definition) is 5. The Kier molecular flexibility index (Phi) is 5.61. The van der Waals surface area contributed by atoms with Crippen molar-refractivity contribution >= 4 is 28.6 Å². The summed E-state index contributed by atoms with van der Waals surface area (Å²) in [5, 5.41) is 3.98. The highest BCUT2D eigenvalue weighted by atomic mass is 32.1. The summed E-state index contributed by atoms with van der Waals surface area (Å²) in [6, 6.07) is 11.4. The summed E-state index contributed by atoms with van der Waals surface area (Å²) >= 11 is 3.20. The average Bonchev–Trinajstić information content (AvgIpc) is 3.31. The molecule has 2 aromatic heterocycles. The fourth-order valence-corrected chi connectivity index (χ4v) is 3.55. The van der Waals surface area contributed by atoms with E-state index in [9.17, 15) is 4.79 Å². The molecule has 1 aromatic carbocycles. The molecule has 0 bridgehead atoms. The molecule has 0 saturated heterocycles. The Balaban J connectivity index is 1.68. The molecule has 0 N–H and O–H groups in total. The Morgan fingerprint density at radius 1 is 1.29 bits per heavy atom. The summed E-state index contributed by atoms with van der Waals surface area (Å²) in [4.78, 5) is 20.0. The van der Waals surface area contributed by atoms with E-state index in [1.165, 1.54) is 4.88 Å². The van der Waals surface area contributed by atoms with Gasteiger partial charge in [0.15, 0.2) is 0 Å². The van der Waals surface area contributed by atoms with E-state index >= 15 is 0 Å². The molecule has 2 heterocycles. The average molecular weight is 358 g/mol. The van der Waals surface area contributed by atoms with Crippen molar-refractivity contribution < 1.29 is 9.53 Å². The van der Waals surface area contributed by atoms with Crippen LogP contribution in [0.5, 0.6) is 5.75 Å². The third-order valence-corrected chi connectivity index (χ3v) is 5.04. The van der Waals surface area contributed by atoms with Crippen molar-refractivity contribution in [1.29, 1.82) is 0 Å². The number of ether oxygens (including phenoxy) is 1. The van der Waals surface area contributed by atoms with Crippen LogP contribution in [0.2, 0.25) is 0 Å². The highest BCUT2D eigenvalue weighted by molar-refractivity contribution is 7.09. The second-order valence-corrected chi connectivity index (χ2v) is 6.95. The molecule has 0 unspecified atom stereocenters. The van der Waals surface area contributed by atoms with Gasteiger partial charge < -0.3 is 9.64 Å². The summed E-state index contributed by atoms with van der Waals surface area (Å²) in [7, 11) is 0. The van der Waals surface area contributed by atoms with Crippen LogP contribution in [0.25, 0.3) is 0 Å². The Morgan fingerprint density at radius 3 is 2.92 bits per heavy atom. The number of nitrogens with zero attached hydrogens (tertiary/aromatic N) is 2. The Morgan fingerprint density at radius 2 is 2.21 bits per heavy atom. The number of aromatic nitrogens is 1. The zero-order valence-corrected chi connectivity index (χ0v) is 15.0. The van der Waals surface area contributed by atoms with Crippen LogP contribution in [0.1, 0.15) is 27.9 Å². The van der Waals surface area contributed by atoms with Crippen LogP contribution in [0.4, 0.5) is 0 Å². The number of thiazole rings is 1. The molecule has 4 nitrogen and oxygen atoms in total. The van der Waals surface area contributed by atoms with E-state index in [1.54, 1.807) is 34.3 Å². The second kappa shape index (κ2) is 8.08. The normalized spacial score (nSPS) is 10.5. The maximum atomic E-state index is 12.8. The predicted molar refractivity (Wildman–Crippen MR) is 97.6 cm³/mol. The van der Waals surface area contributed by atoms with Crippen LogP contribution >= 0.6 is 22.7 Å². The van der Waals surface area contributed by atoms with E-state index < -0.39 is 0 Å². The smallest absolute Gasteiger partial charge is 0.254 e. The molecule has 0 spiro atoms. The number of rotatable bonds is 7. The van der Waals surface area contributed by atoms with E-state index in [-0.39, 0.29) is 5.91 Å². The lowest BCUT2D eigenvalue weighted by atomic mass is 10.2. The molecule has 24 heavy (non-hydrogen) atoms. The fourth-order valence-electron chi connectivity index (χ4n) is 2.29. The van der Waals surface area contributed by atoms with Crippen molar-refractivity contribution in [1.82, 2.24) is 9.88 Å². The predicted octanol–water partition coefficient (Wildman–Crippen LogP) is 4.45. The summed E-state index contributed by atoms with van der Waals surface area (Å²) in [6.45, 7) is 3.71. The SMILES string of the molecule is CCN(Cc1cccs1)C(=O)c1cccc(OCc2cscn2)c1. The molecule has 124 valence electrons. The lowest BCUT2D eigenvalue weighted by Gasteiger charge is -2.20. The van der Waals surface area contributed by atoms with Gasteiger partial charge in [0.2, 0.25) is 0 Å². The monoisotopic (exact) mass is 358 g/mol. The summed E-state index contributed by atoms with van der Waals surface area (Å²) in [5.41, 5.74) is 3.32. The van der Waals surface area contributed by atoms with Gasteiger partial charge in [-0.25, -0.2) is 4.98 Å². The Bertz CT molecular complexity index is 770. The zero-order chi connectivity index (χ0) is 16.8. The molecule has 3 aromatic rings. The van der Waals surface area contributed by atoms with Crippen molar-refractivity contribution in [3.8, 4) is 5.75 Å². The molecule has 0 atom stereocenters. The first kappa shape index (κ1) is 16.7. The first-order valence-electron chi connectivity index (χ1n) is 7.68. The topological polar surface area (TPSA) is 42.4 Å². The van der Waals surface area contributed by atoms with E-state index in [4.69, 9.17) is 4.74 Å². The molecular formula is C18H18N2O2S2. The lowest BCUT2D eigenvalue weighted by Crippen LogP contribution is -2.29. The standard InChI is InChI=1S/C18H18N2O2S2/c1-2-20(10-17-7-4-8-24-17)18(21)14-5-3-6-16(9-14)22-11-15-12-23-13-19-15/h3-9,12-13H,2,10-11H2,1H3. The van der Waals surface area contributed by atoms with Crippen LogP contribution in [0, 0.1) is 0 Å². The molecule has 3 rings (SSSR count). The molecule has 0 saturated carbocycles. The van der Waals surface area contributed by atoms with E-state index in [0.29, 0.717) is 31.0 Å². The highest BCUT2D eigenvalue weighted by Gasteiger charge is 2.15. The van der Waals surface area contributed by atoms with Gasteiger partial charge in [-0.2, -0.15) is 0 Å². The van der Waals surface area contributed by atoms with Crippen LogP contribution in [-0.4, -0.2) is 22.3 Å². The van der Waals surface area contributed by atoms with E-state index in [1.807, 2.05) is 52.9 Å². The number of amides is 1. The van der Waals surface area contributed by atoms with Gasteiger partial charge in [-0.3, -0.25) is 4.79 Å². The third-order valence-electron chi connectivity index (χ3n) is 3.55. The number of thiophene rings is 1. The Hall–Kier alpha value is -2.18. The van der Waals surface area contributed by atoms with Crippen LogP contribution in [0.3, 0.4) is 0 Å². The molecule has 0 fully saturated rings. The molecule has 0 aliphatic heterocycles. The van der Waals surface area contributed by atoms with Crippen LogP contribution in [0.15, 0.2) is 52.7 Å². The summed E-state index contributed by atoms with van der Waals surface area (Å²) < 4.78 is 5.74. The number of carbonyl (C=O) groups is 1. The molecule has 0 radical (unpaired) electrons. The minimum absolute atomic E-state index is 0.0185. The maximum Gasteiger partial charge on any atom is 0.254 e. The van der Waals surface area contributed by atoms with Gasteiger partial charge in [-0.15, -0.1) is 22.7 Å². The molecule has 1 amide bonds. The maximum absolute atomic E-state index is 12.8. The highest BCUT2D eigenvalue weighted by Crippen LogP contribution is 2.19. The fraction of sp³-hybridized carbons (Fsp3) is 0.222. The van der Waals surface area contributed by atoms with Crippen molar-refractivity contribution in [2.24, 2.45) is 0 Å². The van der Waals surface area contributed by atoms with Crippen molar-refractivity contribution in [2.45, 2.75) is 20.1 Å². The minimum atomic E-state index is 0.0185. The quantitative estimate of drug-likeness (QED) is 0.627. The molecular weight excluding hydrogens is 340 g/mol.